The van der Waals surface area contributed by atoms with Gasteiger partial charge in [-0.2, -0.15) is 0 Å². The van der Waals surface area contributed by atoms with Gasteiger partial charge in [0.2, 0.25) is 11.8 Å². The molecule has 2 rings (SSSR count). The molecule has 0 spiro atoms. The van der Waals surface area contributed by atoms with Gasteiger partial charge < -0.3 is 50.7 Å². The van der Waals surface area contributed by atoms with Crippen LogP contribution in [0.4, 0.5) is 0 Å². The number of carbonyl (C=O) groups excluding carboxylic acids is 2. The third kappa shape index (κ3) is 4.14. The number of carbonyl (C=O) groups is 2. The third-order valence-corrected chi connectivity index (χ3v) is 5.16. The van der Waals surface area contributed by atoms with Crippen LogP contribution in [0.1, 0.15) is 13.8 Å². The summed E-state index contributed by atoms with van der Waals surface area (Å²) in [4.78, 5) is 23.5. The summed E-state index contributed by atoms with van der Waals surface area (Å²) in [7, 11) is 0. The minimum atomic E-state index is -1.86. The smallest absolute Gasteiger partial charge is 0.217 e. The second kappa shape index (κ2) is 8.97. The molecule has 162 valence electrons. The molecule has 0 aliphatic carbocycles. The second-order valence-electron chi connectivity index (χ2n) is 7.17. The van der Waals surface area contributed by atoms with Crippen LogP contribution in [-0.4, -0.2) is 117 Å². The molecule has 2 amide bonds. The summed E-state index contributed by atoms with van der Waals surface area (Å²) >= 11 is 0. The fourth-order valence-corrected chi connectivity index (χ4v) is 3.81. The van der Waals surface area contributed by atoms with Crippen LogP contribution in [0.5, 0.6) is 0 Å². The average molecular weight is 408 g/mol. The van der Waals surface area contributed by atoms with Gasteiger partial charge in [-0.05, 0) is 0 Å². The van der Waals surface area contributed by atoms with Crippen molar-refractivity contribution in [3.8, 4) is 0 Å². The molecule has 12 heteroatoms. The van der Waals surface area contributed by atoms with E-state index in [9.17, 15) is 40.2 Å². The average Bonchev–Trinajstić information content (AvgIpc) is 2.63. The Morgan fingerprint density at radius 2 is 1.57 bits per heavy atom. The molecular weight excluding hydrogens is 380 g/mol. The minimum Gasteiger partial charge on any atom is -0.394 e. The van der Waals surface area contributed by atoms with Crippen LogP contribution in [-0.2, 0) is 19.1 Å². The number of ether oxygens (including phenoxy) is 2. The number of nitrogens with one attached hydrogen (secondary N) is 2. The fraction of sp³-hybridized carbons (Fsp3) is 0.875. The Labute approximate surface area is 161 Å². The monoisotopic (exact) mass is 408 g/mol. The van der Waals surface area contributed by atoms with E-state index >= 15 is 0 Å². The van der Waals surface area contributed by atoms with E-state index in [1.165, 1.54) is 0 Å². The summed E-state index contributed by atoms with van der Waals surface area (Å²) in [6.45, 7) is 0.553. The van der Waals surface area contributed by atoms with E-state index in [1.54, 1.807) is 0 Å². The van der Waals surface area contributed by atoms with Crippen LogP contribution in [0.25, 0.3) is 0 Å². The van der Waals surface area contributed by atoms with Gasteiger partial charge in [-0.25, -0.2) is 0 Å². The third-order valence-electron chi connectivity index (χ3n) is 5.16. The van der Waals surface area contributed by atoms with Gasteiger partial charge in [0.05, 0.1) is 25.9 Å². The Hall–Kier alpha value is -1.38. The number of hydrogen-bond acceptors (Lipinski definition) is 10. The zero-order valence-corrected chi connectivity index (χ0v) is 15.6. The van der Waals surface area contributed by atoms with Crippen molar-refractivity contribution in [1.29, 1.82) is 0 Å². The molecule has 2 aliphatic rings. The van der Waals surface area contributed by atoms with Crippen molar-refractivity contribution in [2.24, 2.45) is 0 Å². The molecule has 1 unspecified atom stereocenters. The highest BCUT2D eigenvalue weighted by atomic mass is 16.5. The first-order valence-electron chi connectivity index (χ1n) is 8.86. The molecule has 8 N–H and O–H groups in total. The van der Waals surface area contributed by atoms with Gasteiger partial charge in [-0.15, -0.1) is 0 Å². The quantitative estimate of drug-likeness (QED) is 0.218. The molecule has 0 aromatic heterocycles. The van der Waals surface area contributed by atoms with E-state index in [2.05, 4.69) is 10.6 Å². The molecule has 0 radical (unpaired) electrons. The maximum Gasteiger partial charge on any atom is 0.217 e. The number of amides is 2. The van der Waals surface area contributed by atoms with Crippen LogP contribution in [0.2, 0.25) is 0 Å². The van der Waals surface area contributed by atoms with Crippen molar-refractivity contribution in [2.45, 2.75) is 68.2 Å². The van der Waals surface area contributed by atoms with Crippen molar-refractivity contribution in [1.82, 2.24) is 10.6 Å². The van der Waals surface area contributed by atoms with Crippen molar-refractivity contribution in [2.75, 3.05) is 19.8 Å². The zero-order valence-electron chi connectivity index (χ0n) is 15.6. The maximum absolute atomic E-state index is 11.9. The van der Waals surface area contributed by atoms with Crippen molar-refractivity contribution >= 4 is 11.8 Å². The number of rotatable bonds is 5. The summed E-state index contributed by atoms with van der Waals surface area (Å²) in [6, 6.07) is -1.32. The molecule has 28 heavy (non-hydrogen) atoms. The Morgan fingerprint density at radius 3 is 2.07 bits per heavy atom. The number of hydrogen-bond donors (Lipinski definition) is 8. The maximum atomic E-state index is 11.9. The summed E-state index contributed by atoms with van der Waals surface area (Å²) in [6.07, 6.45) is -10.4. The molecule has 9 atom stereocenters. The molecule has 2 saturated heterocycles. The van der Waals surface area contributed by atoms with Crippen LogP contribution >= 0.6 is 0 Å². The van der Waals surface area contributed by atoms with Crippen LogP contribution in [0.15, 0.2) is 0 Å². The Balaban J connectivity index is 2.51. The predicted molar refractivity (Wildman–Crippen MR) is 90.8 cm³/mol. The van der Waals surface area contributed by atoms with Gasteiger partial charge in [0.1, 0.15) is 48.3 Å². The number of aliphatic hydroxyl groups is 6. The fourth-order valence-electron chi connectivity index (χ4n) is 3.81. The summed E-state index contributed by atoms with van der Waals surface area (Å²) < 4.78 is 11.1. The lowest BCUT2D eigenvalue weighted by Gasteiger charge is -2.55. The first kappa shape index (κ1) is 22.9. The topological polar surface area (TPSA) is 198 Å². The summed E-state index contributed by atoms with van der Waals surface area (Å²) in [5, 5.41) is 65.4. The summed E-state index contributed by atoms with van der Waals surface area (Å²) in [5.41, 5.74) is -1.86. The lowest BCUT2D eigenvalue weighted by molar-refractivity contribution is -0.262. The van der Waals surface area contributed by atoms with E-state index in [-0.39, 0.29) is 0 Å². The van der Waals surface area contributed by atoms with Gasteiger partial charge in [-0.3, -0.25) is 9.59 Å². The first-order valence-corrected chi connectivity index (χ1v) is 8.86. The van der Waals surface area contributed by atoms with E-state index in [0.717, 1.165) is 13.8 Å². The van der Waals surface area contributed by atoms with Crippen LogP contribution < -0.4 is 10.6 Å². The molecule has 12 nitrogen and oxygen atoms in total. The van der Waals surface area contributed by atoms with Gasteiger partial charge in [0, 0.05) is 13.8 Å². The molecule has 2 aliphatic heterocycles. The summed E-state index contributed by atoms with van der Waals surface area (Å²) in [5.74, 6) is -1.23. The van der Waals surface area contributed by atoms with Crippen molar-refractivity contribution in [3.63, 3.8) is 0 Å². The van der Waals surface area contributed by atoms with E-state index in [0.29, 0.717) is 0 Å². The molecule has 0 bridgehead atoms. The highest BCUT2D eigenvalue weighted by Crippen LogP contribution is 2.35. The zero-order chi connectivity index (χ0) is 21.2. The first-order chi connectivity index (χ1) is 13.1. The largest absolute Gasteiger partial charge is 0.394 e. The van der Waals surface area contributed by atoms with Crippen molar-refractivity contribution < 1.29 is 49.7 Å². The molecule has 0 saturated carbocycles. The van der Waals surface area contributed by atoms with E-state index in [4.69, 9.17) is 9.47 Å². The lowest BCUT2D eigenvalue weighted by atomic mass is 9.74. The Morgan fingerprint density at radius 1 is 0.964 bits per heavy atom. The Bertz CT molecular complexity index is 578. The van der Waals surface area contributed by atoms with Crippen LogP contribution in [0, 0.1) is 0 Å². The van der Waals surface area contributed by atoms with Gasteiger partial charge in [0.25, 0.3) is 0 Å². The standard InChI is InChI=1S/C16H28N2O10/c1-6(21)17-10-13(25)11(23)9(4-20)28-15(10)16(18-7(2)22)5-27-8(3-19)12(24)14(16)26/h8-15,19-20,23-26H,3-5H2,1-2H3,(H,17,21)(H,18,22)/t8-,9-,10-,11+,12+,13-,14+,15?,16+/m1/s1. The van der Waals surface area contributed by atoms with Gasteiger partial charge >= 0.3 is 0 Å². The lowest BCUT2D eigenvalue weighted by Crippen LogP contribution is -2.80. The van der Waals surface area contributed by atoms with Crippen LogP contribution in [0.3, 0.4) is 0 Å². The highest BCUT2D eigenvalue weighted by Gasteiger charge is 2.61. The van der Waals surface area contributed by atoms with Gasteiger partial charge in [0.15, 0.2) is 0 Å². The minimum absolute atomic E-state index is 0.447. The molecule has 0 aromatic carbocycles. The molecule has 2 fully saturated rings. The molecular formula is C16H28N2O10. The Kier molecular flexibility index (Phi) is 7.33. The van der Waals surface area contributed by atoms with Crippen molar-refractivity contribution in [3.05, 3.63) is 0 Å². The predicted octanol–water partition coefficient (Wildman–Crippen LogP) is -5.04. The highest BCUT2D eigenvalue weighted by molar-refractivity contribution is 5.75. The van der Waals surface area contributed by atoms with E-state index < -0.39 is 85.9 Å². The van der Waals surface area contributed by atoms with Gasteiger partial charge in [-0.1, -0.05) is 0 Å². The second-order valence-corrected chi connectivity index (χ2v) is 7.17. The molecule has 2 heterocycles. The van der Waals surface area contributed by atoms with E-state index in [1.807, 2.05) is 0 Å². The normalized spacial score (nSPS) is 44.0. The SMILES string of the molecule is CC(=O)N[C@H]1C([C@]2(NC(C)=O)CO[C@H](CO)[C@H](O)[C@@H]2O)O[C@H](CO)[C@H](O)[C@@H]1O. The molecule has 0 aromatic rings. The number of aliphatic hydroxyl groups excluding tert-OH is 6.